The molecule has 21 heavy (non-hydrogen) atoms. The summed E-state index contributed by atoms with van der Waals surface area (Å²) in [6.07, 6.45) is 2.16. The number of halogens is 2. The highest BCUT2D eigenvalue weighted by atomic mass is 35.5. The Morgan fingerprint density at radius 3 is 2.76 bits per heavy atom. The zero-order valence-corrected chi connectivity index (χ0v) is 12.5. The van der Waals surface area contributed by atoms with E-state index in [9.17, 15) is 4.39 Å². The van der Waals surface area contributed by atoms with Crippen LogP contribution in [0.25, 0.3) is 0 Å². The molecule has 110 valence electrons. The molecule has 0 radical (unpaired) electrons. The fourth-order valence-corrected chi connectivity index (χ4v) is 2.21. The van der Waals surface area contributed by atoms with Gasteiger partial charge in [-0.05, 0) is 31.9 Å². The van der Waals surface area contributed by atoms with Crippen LogP contribution < -0.4 is 10.1 Å². The summed E-state index contributed by atoms with van der Waals surface area (Å²) in [7, 11) is 1.79. The smallest absolute Gasteiger partial charge is 0.227 e. The topological polar surface area (TPSA) is 47.0 Å². The van der Waals surface area contributed by atoms with Gasteiger partial charge < -0.3 is 10.1 Å². The number of benzene rings is 1. The van der Waals surface area contributed by atoms with Gasteiger partial charge in [0.2, 0.25) is 5.88 Å². The molecule has 1 fully saturated rings. The highest BCUT2D eigenvalue weighted by Gasteiger charge is 2.28. The summed E-state index contributed by atoms with van der Waals surface area (Å²) < 4.78 is 19.6. The van der Waals surface area contributed by atoms with E-state index >= 15 is 0 Å². The van der Waals surface area contributed by atoms with Crippen LogP contribution in [0.3, 0.4) is 0 Å². The molecule has 0 aliphatic heterocycles. The molecule has 0 saturated heterocycles. The van der Waals surface area contributed by atoms with Crippen molar-refractivity contribution in [3.63, 3.8) is 0 Å². The highest BCUT2D eigenvalue weighted by molar-refractivity contribution is 6.30. The maximum Gasteiger partial charge on any atom is 0.227 e. The largest absolute Gasteiger partial charge is 0.435 e. The maximum atomic E-state index is 14.0. The lowest BCUT2D eigenvalue weighted by Crippen LogP contribution is -2.05. The van der Waals surface area contributed by atoms with Gasteiger partial charge in [-0.15, -0.1) is 0 Å². The van der Waals surface area contributed by atoms with E-state index in [1.54, 1.807) is 13.1 Å². The lowest BCUT2D eigenvalue weighted by Gasteiger charge is -2.13. The van der Waals surface area contributed by atoms with Gasteiger partial charge in [0.15, 0.2) is 11.6 Å². The Hall–Kier alpha value is -1.88. The van der Waals surface area contributed by atoms with Gasteiger partial charge in [-0.2, -0.15) is 4.98 Å². The second-order valence-corrected chi connectivity index (χ2v) is 5.45. The molecule has 1 heterocycles. The molecule has 1 aliphatic rings. The van der Waals surface area contributed by atoms with Crippen molar-refractivity contribution in [3.8, 4) is 11.6 Å². The van der Waals surface area contributed by atoms with E-state index in [1.807, 2.05) is 6.92 Å². The van der Waals surface area contributed by atoms with E-state index < -0.39 is 5.82 Å². The average Bonchev–Trinajstić information content (AvgIpc) is 3.30. The van der Waals surface area contributed by atoms with Crippen LogP contribution in [0.15, 0.2) is 18.2 Å². The lowest BCUT2D eigenvalue weighted by atomic mass is 10.3. The van der Waals surface area contributed by atoms with E-state index in [0.29, 0.717) is 17.6 Å². The van der Waals surface area contributed by atoms with Crippen LogP contribution in [0.5, 0.6) is 11.6 Å². The van der Waals surface area contributed by atoms with Crippen molar-refractivity contribution < 1.29 is 9.13 Å². The molecule has 1 saturated carbocycles. The molecule has 0 atom stereocenters. The maximum absolute atomic E-state index is 14.0. The Kier molecular flexibility index (Phi) is 3.68. The van der Waals surface area contributed by atoms with Gasteiger partial charge in [-0.3, -0.25) is 0 Å². The number of aromatic nitrogens is 2. The minimum absolute atomic E-state index is 0.0236. The monoisotopic (exact) mass is 307 g/mol. The summed E-state index contributed by atoms with van der Waals surface area (Å²) >= 11 is 5.77. The fourth-order valence-electron chi connectivity index (χ4n) is 2.05. The van der Waals surface area contributed by atoms with Crippen LogP contribution in [-0.2, 0) is 0 Å². The molecular formula is C15H15ClFN3O. The molecule has 2 aromatic rings. The second-order valence-electron chi connectivity index (χ2n) is 5.04. The zero-order chi connectivity index (χ0) is 15.0. The third kappa shape index (κ3) is 2.78. The van der Waals surface area contributed by atoms with Crippen molar-refractivity contribution >= 4 is 17.4 Å². The minimum atomic E-state index is -0.587. The van der Waals surface area contributed by atoms with E-state index in [-0.39, 0.29) is 10.8 Å². The number of nitrogens with one attached hydrogen (secondary N) is 1. The summed E-state index contributed by atoms with van der Waals surface area (Å²) in [4.78, 5) is 8.90. The quantitative estimate of drug-likeness (QED) is 0.915. The number of hydrogen-bond donors (Lipinski definition) is 1. The molecule has 1 N–H and O–H groups in total. The Morgan fingerprint density at radius 1 is 1.33 bits per heavy atom. The first kappa shape index (κ1) is 14.1. The van der Waals surface area contributed by atoms with Crippen molar-refractivity contribution in [1.29, 1.82) is 0 Å². The number of hydrogen-bond acceptors (Lipinski definition) is 4. The predicted molar refractivity (Wildman–Crippen MR) is 79.8 cm³/mol. The van der Waals surface area contributed by atoms with E-state index in [1.165, 1.54) is 12.1 Å². The second kappa shape index (κ2) is 5.48. The van der Waals surface area contributed by atoms with Gasteiger partial charge in [-0.1, -0.05) is 17.7 Å². The average molecular weight is 308 g/mol. The Labute approximate surface area is 127 Å². The van der Waals surface area contributed by atoms with Gasteiger partial charge in [0, 0.05) is 13.0 Å². The van der Waals surface area contributed by atoms with Crippen molar-refractivity contribution in [2.45, 2.75) is 25.7 Å². The standard InChI is InChI=1S/C15H15ClFN3O/c1-8-13(18-2)19-14(9-6-7-9)20-15(8)21-11-5-3-4-10(16)12(11)17/h3-5,9H,6-7H2,1-2H3,(H,18,19,20). The summed E-state index contributed by atoms with van der Waals surface area (Å²) in [5.41, 5.74) is 0.737. The predicted octanol–water partition coefficient (Wildman–Crippen LogP) is 4.29. The van der Waals surface area contributed by atoms with Crippen molar-refractivity contribution in [3.05, 3.63) is 40.4 Å². The molecule has 0 amide bonds. The van der Waals surface area contributed by atoms with E-state index in [0.717, 1.165) is 24.2 Å². The molecule has 6 heteroatoms. The van der Waals surface area contributed by atoms with Gasteiger partial charge in [0.1, 0.15) is 11.6 Å². The zero-order valence-electron chi connectivity index (χ0n) is 11.8. The first-order chi connectivity index (χ1) is 10.1. The van der Waals surface area contributed by atoms with Crippen LogP contribution in [0, 0.1) is 12.7 Å². The molecule has 1 aromatic heterocycles. The fraction of sp³-hybridized carbons (Fsp3) is 0.333. The molecule has 0 unspecified atom stereocenters. The molecular weight excluding hydrogens is 293 g/mol. The van der Waals surface area contributed by atoms with Crippen LogP contribution in [-0.4, -0.2) is 17.0 Å². The van der Waals surface area contributed by atoms with Gasteiger partial charge in [-0.25, -0.2) is 9.37 Å². The normalized spacial score (nSPS) is 14.1. The Morgan fingerprint density at radius 2 is 2.10 bits per heavy atom. The van der Waals surface area contributed by atoms with Crippen LogP contribution in [0.2, 0.25) is 5.02 Å². The van der Waals surface area contributed by atoms with Gasteiger partial charge in [0.05, 0.1) is 10.6 Å². The number of nitrogens with zero attached hydrogens (tertiary/aromatic N) is 2. The summed E-state index contributed by atoms with van der Waals surface area (Å²) in [5.74, 6) is 1.65. The number of ether oxygens (including phenoxy) is 1. The Balaban J connectivity index is 2.01. The number of anilines is 1. The molecule has 1 aliphatic carbocycles. The van der Waals surface area contributed by atoms with E-state index in [2.05, 4.69) is 15.3 Å². The van der Waals surface area contributed by atoms with E-state index in [4.69, 9.17) is 16.3 Å². The molecule has 3 rings (SSSR count). The van der Waals surface area contributed by atoms with Crippen molar-refractivity contribution in [2.24, 2.45) is 0 Å². The third-order valence-electron chi connectivity index (χ3n) is 3.42. The molecule has 0 spiro atoms. The van der Waals surface area contributed by atoms with Crippen molar-refractivity contribution in [1.82, 2.24) is 9.97 Å². The molecule has 0 bridgehead atoms. The Bertz CT molecular complexity index is 689. The summed E-state index contributed by atoms with van der Waals surface area (Å²) in [6, 6.07) is 4.64. The third-order valence-corrected chi connectivity index (χ3v) is 3.71. The van der Waals surface area contributed by atoms with Gasteiger partial charge in [0.25, 0.3) is 0 Å². The SMILES string of the molecule is CNc1nc(C2CC2)nc(Oc2cccc(Cl)c2F)c1C. The first-order valence-corrected chi connectivity index (χ1v) is 7.16. The molecule has 1 aromatic carbocycles. The number of rotatable bonds is 4. The van der Waals surface area contributed by atoms with Crippen LogP contribution >= 0.6 is 11.6 Å². The molecule has 4 nitrogen and oxygen atoms in total. The van der Waals surface area contributed by atoms with Gasteiger partial charge >= 0.3 is 0 Å². The summed E-state index contributed by atoms with van der Waals surface area (Å²) in [6.45, 7) is 1.83. The summed E-state index contributed by atoms with van der Waals surface area (Å²) in [5, 5.41) is 3.04. The minimum Gasteiger partial charge on any atom is -0.435 e. The van der Waals surface area contributed by atoms with Crippen LogP contribution in [0.4, 0.5) is 10.2 Å². The highest BCUT2D eigenvalue weighted by Crippen LogP contribution is 2.40. The first-order valence-electron chi connectivity index (χ1n) is 6.78. The lowest BCUT2D eigenvalue weighted by molar-refractivity contribution is 0.422. The van der Waals surface area contributed by atoms with Crippen LogP contribution in [0.1, 0.15) is 30.1 Å². The van der Waals surface area contributed by atoms with Crippen molar-refractivity contribution in [2.75, 3.05) is 12.4 Å².